The van der Waals surface area contributed by atoms with E-state index >= 15 is 0 Å². The van der Waals surface area contributed by atoms with Crippen LogP contribution in [0.15, 0.2) is 41.0 Å². The molecule has 0 bridgehead atoms. The van der Waals surface area contributed by atoms with Gasteiger partial charge in [-0.2, -0.15) is 0 Å². The zero-order valence-electron chi connectivity index (χ0n) is 13.5. The minimum absolute atomic E-state index is 0.0310. The molecule has 0 saturated heterocycles. The molecule has 0 aliphatic heterocycles. The van der Waals surface area contributed by atoms with Crippen LogP contribution in [0.2, 0.25) is 5.02 Å². The molecular formula is C17H21ClN2O3. The Hall–Kier alpha value is -1.98. The molecule has 0 saturated carbocycles. The Bertz CT molecular complexity index is 641. The Morgan fingerprint density at radius 2 is 2.17 bits per heavy atom. The van der Waals surface area contributed by atoms with Crippen LogP contribution in [0.25, 0.3) is 0 Å². The van der Waals surface area contributed by atoms with E-state index in [-0.39, 0.29) is 18.6 Å². The van der Waals surface area contributed by atoms with Gasteiger partial charge in [0.1, 0.15) is 11.5 Å². The molecule has 0 fully saturated rings. The van der Waals surface area contributed by atoms with Crippen LogP contribution in [0.3, 0.4) is 0 Å². The van der Waals surface area contributed by atoms with Crippen LogP contribution in [0, 0.1) is 6.92 Å². The Labute approximate surface area is 141 Å². The zero-order chi connectivity index (χ0) is 16.8. The Balaban J connectivity index is 1.86. The number of ether oxygens (including phenoxy) is 1. The summed E-state index contributed by atoms with van der Waals surface area (Å²) in [5.74, 6) is 1.11. The van der Waals surface area contributed by atoms with Crippen LogP contribution in [0.1, 0.15) is 17.4 Å². The summed E-state index contributed by atoms with van der Waals surface area (Å²) in [5.41, 5.74) is 1.02. The molecule has 0 spiro atoms. The number of aryl methyl sites for hydroxylation is 1. The number of amides is 1. The number of likely N-dealkylation sites (N-methyl/N-ethyl adjacent to an activating group) is 1. The van der Waals surface area contributed by atoms with E-state index in [1.807, 2.05) is 44.1 Å². The number of carbonyl (C=O) groups is 1. The molecule has 23 heavy (non-hydrogen) atoms. The van der Waals surface area contributed by atoms with Gasteiger partial charge in [0.15, 0.2) is 6.61 Å². The van der Waals surface area contributed by atoms with E-state index in [0.717, 1.165) is 11.3 Å². The molecule has 1 aromatic heterocycles. The standard InChI is InChI=1S/C17H21ClN2O3/c1-12-6-7-13(18)16(9-12)23-11-17(21)19-10-14(20(2)3)15-5-4-8-22-15/h4-9,14H,10-11H2,1-3H3,(H,19,21). The van der Waals surface area contributed by atoms with Gasteiger partial charge in [0.2, 0.25) is 0 Å². The summed E-state index contributed by atoms with van der Waals surface area (Å²) in [6.07, 6.45) is 1.62. The molecule has 5 nitrogen and oxygen atoms in total. The first kappa shape index (κ1) is 17.4. The average molecular weight is 337 g/mol. The lowest BCUT2D eigenvalue weighted by Gasteiger charge is -2.22. The molecule has 1 heterocycles. The predicted octanol–water partition coefficient (Wildman–Crippen LogP) is 3.04. The molecule has 124 valence electrons. The molecule has 0 radical (unpaired) electrons. The minimum atomic E-state index is -0.207. The molecule has 2 rings (SSSR count). The van der Waals surface area contributed by atoms with Gasteiger partial charge in [-0.15, -0.1) is 0 Å². The van der Waals surface area contributed by atoms with Gasteiger partial charge in [0, 0.05) is 6.54 Å². The van der Waals surface area contributed by atoms with Crippen molar-refractivity contribution < 1.29 is 13.9 Å². The summed E-state index contributed by atoms with van der Waals surface area (Å²) in [6.45, 7) is 2.29. The first-order valence-corrected chi connectivity index (χ1v) is 7.70. The van der Waals surface area contributed by atoms with Gasteiger partial charge < -0.3 is 14.5 Å². The van der Waals surface area contributed by atoms with Gasteiger partial charge in [-0.05, 0) is 50.8 Å². The fourth-order valence-electron chi connectivity index (χ4n) is 2.14. The smallest absolute Gasteiger partial charge is 0.258 e. The summed E-state index contributed by atoms with van der Waals surface area (Å²) < 4.78 is 10.9. The first-order chi connectivity index (χ1) is 11.0. The summed E-state index contributed by atoms with van der Waals surface area (Å²) in [7, 11) is 3.87. The van der Waals surface area contributed by atoms with Crippen molar-refractivity contribution in [2.24, 2.45) is 0 Å². The van der Waals surface area contributed by atoms with Crippen LogP contribution in [-0.2, 0) is 4.79 Å². The van der Waals surface area contributed by atoms with Gasteiger partial charge in [0.25, 0.3) is 5.91 Å². The quantitative estimate of drug-likeness (QED) is 0.844. The minimum Gasteiger partial charge on any atom is -0.482 e. The molecular weight excluding hydrogens is 316 g/mol. The number of benzene rings is 1. The highest BCUT2D eigenvalue weighted by Crippen LogP contribution is 2.25. The third kappa shape index (κ3) is 5.01. The fourth-order valence-corrected chi connectivity index (χ4v) is 2.32. The van der Waals surface area contributed by atoms with Crippen molar-refractivity contribution in [1.82, 2.24) is 10.2 Å². The van der Waals surface area contributed by atoms with Crippen molar-refractivity contribution in [1.29, 1.82) is 0 Å². The van der Waals surface area contributed by atoms with Crippen LogP contribution in [0.4, 0.5) is 0 Å². The van der Waals surface area contributed by atoms with Gasteiger partial charge in [-0.3, -0.25) is 9.69 Å². The first-order valence-electron chi connectivity index (χ1n) is 7.33. The molecule has 1 atom stereocenters. The van der Waals surface area contributed by atoms with E-state index < -0.39 is 0 Å². The zero-order valence-corrected chi connectivity index (χ0v) is 14.3. The normalized spacial score (nSPS) is 12.2. The molecule has 1 unspecified atom stereocenters. The monoisotopic (exact) mass is 336 g/mol. The second-order valence-corrected chi connectivity index (χ2v) is 5.93. The molecule has 0 aliphatic carbocycles. The molecule has 1 N–H and O–H groups in total. The Morgan fingerprint density at radius 1 is 1.39 bits per heavy atom. The maximum atomic E-state index is 12.0. The second-order valence-electron chi connectivity index (χ2n) is 5.52. The topological polar surface area (TPSA) is 54.7 Å². The number of nitrogens with zero attached hydrogens (tertiary/aromatic N) is 1. The van der Waals surface area contributed by atoms with Crippen molar-refractivity contribution in [3.8, 4) is 5.75 Å². The number of carbonyl (C=O) groups excluding carboxylic acids is 1. The van der Waals surface area contributed by atoms with Crippen LogP contribution in [-0.4, -0.2) is 38.1 Å². The number of furan rings is 1. The molecule has 2 aromatic rings. The maximum absolute atomic E-state index is 12.0. The summed E-state index contributed by atoms with van der Waals surface area (Å²) in [6, 6.07) is 9.14. The summed E-state index contributed by atoms with van der Waals surface area (Å²) in [4.78, 5) is 14.0. The van der Waals surface area contributed by atoms with E-state index in [4.69, 9.17) is 20.8 Å². The van der Waals surface area contributed by atoms with Gasteiger partial charge in [-0.1, -0.05) is 17.7 Å². The largest absolute Gasteiger partial charge is 0.482 e. The van der Waals surface area contributed by atoms with Crippen LogP contribution in [0.5, 0.6) is 5.75 Å². The molecule has 6 heteroatoms. The van der Waals surface area contributed by atoms with Crippen molar-refractivity contribution in [2.45, 2.75) is 13.0 Å². The second kappa shape index (κ2) is 8.04. The lowest BCUT2D eigenvalue weighted by Crippen LogP contribution is -2.36. The van der Waals surface area contributed by atoms with Crippen LogP contribution >= 0.6 is 11.6 Å². The SMILES string of the molecule is Cc1ccc(Cl)c(OCC(=O)NCC(c2ccco2)N(C)C)c1. The van der Waals surface area contributed by atoms with Gasteiger partial charge >= 0.3 is 0 Å². The molecule has 1 amide bonds. The van der Waals surface area contributed by atoms with Crippen LogP contribution < -0.4 is 10.1 Å². The fraction of sp³-hybridized carbons (Fsp3) is 0.353. The number of nitrogens with one attached hydrogen (secondary N) is 1. The van der Waals surface area contributed by atoms with Crippen molar-refractivity contribution >= 4 is 17.5 Å². The highest BCUT2D eigenvalue weighted by atomic mass is 35.5. The summed E-state index contributed by atoms with van der Waals surface area (Å²) in [5, 5.41) is 3.34. The van der Waals surface area contributed by atoms with E-state index in [1.165, 1.54) is 0 Å². The molecule has 0 aliphatic rings. The van der Waals surface area contributed by atoms with E-state index in [2.05, 4.69) is 5.32 Å². The number of halogens is 1. The predicted molar refractivity (Wildman–Crippen MR) is 89.8 cm³/mol. The Morgan fingerprint density at radius 3 is 2.83 bits per heavy atom. The highest BCUT2D eigenvalue weighted by Gasteiger charge is 2.18. The van der Waals surface area contributed by atoms with Gasteiger partial charge in [-0.25, -0.2) is 0 Å². The maximum Gasteiger partial charge on any atom is 0.258 e. The van der Waals surface area contributed by atoms with E-state index in [1.54, 1.807) is 18.4 Å². The number of hydrogen-bond donors (Lipinski definition) is 1. The summed E-state index contributed by atoms with van der Waals surface area (Å²) >= 11 is 6.04. The van der Waals surface area contributed by atoms with Crippen molar-refractivity contribution in [3.63, 3.8) is 0 Å². The van der Waals surface area contributed by atoms with Crippen molar-refractivity contribution in [2.75, 3.05) is 27.2 Å². The third-order valence-electron chi connectivity index (χ3n) is 3.43. The average Bonchev–Trinajstić information content (AvgIpc) is 3.02. The van der Waals surface area contributed by atoms with E-state index in [0.29, 0.717) is 17.3 Å². The Kier molecular flexibility index (Phi) is 6.07. The van der Waals surface area contributed by atoms with E-state index in [9.17, 15) is 4.79 Å². The van der Waals surface area contributed by atoms with Crippen molar-refractivity contribution in [3.05, 3.63) is 52.9 Å². The highest BCUT2D eigenvalue weighted by molar-refractivity contribution is 6.32. The third-order valence-corrected chi connectivity index (χ3v) is 3.75. The number of hydrogen-bond acceptors (Lipinski definition) is 4. The lowest BCUT2D eigenvalue weighted by molar-refractivity contribution is -0.123. The molecule has 1 aromatic carbocycles. The number of rotatable bonds is 7. The lowest BCUT2D eigenvalue weighted by atomic mass is 10.2. The van der Waals surface area contributed by atoms with Gasteiger partial charge in [0.05, 0.1) is 17.3 Å².